The number of anilines is 1. The zero-order valence-electron chi connectivity index (χ0n) is 13.3. The van der Waals surface area contributed by atoms with Crippen molar-refractivity contribution in [3.63, 3.8) is 0 Å². The molecule has 25 heavy (non-hydrogen) atoms. The van der Waals surface area contributed by atoms with Crippen LogP contribution in [0.1, 0.15) is 11.1 Å². The van der Waals surface area contributed by atoms with E-state index in [1.54, 1.807) is 24.3 Å². The summed E-state index contributed by atoms with van der Waals surface area (Å²) in [6.07, 6.45) is -2.87. The van der Waals surface area contributed by atoms with Crippen LogP contribution in [0.5, 0.6) is 0 Å². The third kappa shape index (κ3) is 4.52. The molecule has 1 saturated heterocycles. The molecule has 3 nitrogen and oxygen atoms in total. The summed E-state index contributed by atoms with van der Waals surface area (Å²) in [6.45, 7) is 2.33. The average Bonchev–Trinajstić information content (AvgIpc) is 2.61. The molecule has 0 N–H and O–H groups in total. The molecule has 0 aromatic heterocycles. The Kier molecular flexibility index (Phi) is 5.30. The summed E-state index contributed by atoms with van der Waals surface area (Å²) < 4.78 is 44.5. The highest BCUT2D eigenvalue weighted by Gasteiger charge is 2.31. The van der Waals surface area contributed by atoms with Crippen molar-refractivity contribution in [2.24, 2.45) is 4.99 Å². The van der Waals surface area contributed by atoms with E-state index >= 15 is 0 Å². The predicted molar refractivity (Wildman–Crippen MR) is 93.2 cm³/mol. The van der Waals surface area contributed by atoms with E-state index in [9.17, 15) is 13.2 Å². The summed E-state index contributed by atoms with van der Waals surface area (Å²) in [7, 11) is 0. The van der Waals surface area contributed by atoms with Crippen LogP contribution in [0.4, 0.5) is 24.5 Å². The third-order valence-electron chi connectivity index (χ3n) is 3.88. The zero-order valence-corrected chi connectivity index (χ0v) is 14.0. The third-order valence-corrected chi connectivity index (χ3v) is 4.13. The van der Waals surface area contributed by atoms with Crippen LogP contribution in [0, 0.1) is 0 Å². The van der Waals surface area contributed by atoms with Gasteiger partial charge in [0.2, 0.25) is 0 Å². The number of nitrogens with zero attached hydrogens (tertiary/aromatic N) is 2. The molecule has 132 valence electrons. The van der Waals surface area contributed by atoms with Crippen LogP contribution >= 0.6 is 11.6 Å². The van der Waals surface area contributed by atoms with Gasteiger partial charge in [-0.3, -0.25) is 4.99 Å². The van der Waals surface area contributed by atoms with E-state index in [1.165, 1.54) is 12.3 Å². The quantitative estimate of drug-likeness (QED) is 0.716. The highest BCUT2D eigenvalue weighted by molar-refractivity contribution is 6.30. The van der Waals surface area contributed by atoms with E-state index in [4.69, 9.17) is 16.3 Å². The standard InChI is InChI=1S/C18H16ClF3N2O/c19-15-4-1-13(2-5-15)12-23-16-11-14(18(20,21)22)3-6-17(16)24-7-9-25-10-8-24/h1-6,11-12H,7-10H2. The minimum Gasteiger partial charge on any atom is -0.378 e. The van der Waals surface area contributed by atoms with E-state index < -0.39 is 11.7 Å². The smallest absolute Gasteiger partial charge is 0.378 e. The minimum absolute atomic E-state index is 0.284. The van der Waals surface area contributed by atoms with E-state index in [2.05, 4.69) is 4.99 Å². The van der Waals surface area contributed by atoms with Gasteiger partial charge in [0.25, 0.3) is 0 Å². The van der Waals surface area contributed by atoms with Crippen LogP contribution in [-0.4, -0.2) is 32.5 Å². The Balaban J connectivity index is 1.96. The van der Waals surface area contributed by atoms with Crippen LogP contribution in [0.25, 0.3) is 0 Å². The SMILES string of the molecule is FC(F)(F)c1ccc(N2CCOCC2)c(N=Cc2ccc(Cl)cc2)c1. The molecule has 0 unspecified atom stereocenters. The number of hydrogen-bond donors (Lipinski definition) is 0. The van der Waals surface area contributed by atoms with Gasteiger partial charge in [-0.25, -0.2) is 0 Å². The van der Waals surface area contributed by atoms with E-state index in [1.807, 2.05) is 4.90 Å². The largest absolute Gasteiger partial charge is 0.416 e. The molecule has 7 heteroatoms. The first-order chi connectivity index (χ1) is 11.9. The monoisotopic (exact) mass is 368 g/mol. The fourth-order valence-electron chi connectivity index (χ4n) is 2.57. The number of aliphatic imine (C=N–C) groups is 1. The van der Waals surface area contributed by atoms with E-state index in [0.717, 1.165) is 17.7 Å². The van der Waals surface area contributed by atoms with Crippen LogP contribution in [0.2, 0.25) is 5.02 Å². The van der Waals surface area contributed by atoms with Crippen LogP contribution in [-0.2, 0) is 10.9 Å². The van der Waals surface area contributed by atoms with Gasteiger partial charge >= 0.3 is 6.18 Å². The zero-order chi connectivity index (χ0) is 17.9. The maximum Gasteiger partial charge on any atom is 0.416 e. The lowest BCUT2D eigenvalue weighted by Gasteiger charge is -2.30. The lowest BCUT2D eigenvalue weighted by molar-refractivity contribution is -0.137. The van der Waals surface area contributed by atoms with Crippen molar-refractivity contribution in [3.05, 3.63) is 58.6 Å². The molecular formula is C18H16ClF3N2O. The fourth-order valence-corrected chi connectivity index (χ4v) is 2.69. The Morgan fingerprint density at radius 3 is 2.36 bits per heavy atom. The molecule has 0 radical (unpaired) electrons. The fraction of sp³-hybridized carbons (Fsp3) is 0.278. The molecule has 0 aliphatic carbocycles. The molecule has 0 saturated carbocycles. The molecular weight excluding hydrogens is 353 g/mol. The number of halogens is 4. The highest BCUT2D eigenvalue weighted by atomic mass is 35.5. The number of benzene rings is 2. The molecule has 1 aliphatic rings. The van der Waals surface area contributed by atoms with Crippen molar-refractivity contribution >= 4 is 29.2 Å². The Hall–Kier alpha value is -2.05. The van der Waals surface area contributed by atoms with Gasteiger partial charge in [0.05, 0.1) is 30.2 Å². The number of morpholine rings is 1. The second-order valence-electron chi connectivity index (χ2n) is 5.61. The highest BCUT2D eigenvalue weighted by Crippen LogP contribution is 2.37. The van der Waals surface area contributed by atoms with Gasteiger partial charge < -0.3 is 9.64 Å². The molecule has 1 fully saturated rings. The molecule has 0 spiro atoms. The summed E-state index contributed by atoms with van der Waals surface area (Å²) in [5.74, 6) is 0. The Morgan fingerprint density at radius 1 is 1.04 bits per heavy atom. The van der Waals surface area contributed by atoms with Crippen LogP contribution < -0.4 is 4.90 Å². The van der Waals surface area contributed by atoms with E-state index in [0.29, 0.717) is 37.0 Å². The Morgan fingerprint density at radius 2 is 1.72 bits per heavy atom. The summed E-state index contributed by atoms with van der Waals surface area (Å²) in [5.41, 5.74) is 0.996. The number of ether oxygens (including phenoxy) is 1. The molecule has 2 aromatic rings. The summed E-state index contributed by atoms with van der Waals surface area (Å²) in [6, 6.07) is 10.6. The van der Waals surface area contributed by atoms with Gasteiger partial charge in [0.15, 0.2) is 0 Å². The topological polar surface area (TPSA) is 24.8 Å². The van der Waals surface area contributed by atoms with Crippen LogP contribution in [0.15, 0.2) is 47.5 Å². The number of hydrogen-bond acceptors (Lipinski definition) is 3. The van der Waals surface area contributed by atoms with Gasteiger partial charge in [0, 0.05) is 24.3 Å². The molecule has 3 rings (SSSR count). The number of rotatable bonds is 3. The van der Waals surface area contributed by atoms with E-state index in [-0.39, 0.29) is 5.69 Å². The normalized spacial score (nSPS) is 15.8. The Labute approximate surface area is 148 Å². The molecule has 0 atom stereocenters. The van der Waals surface area contributed by atoms with Crippen molar-refractivity contribution < 1.29 is 17.9 Å². The van der Waals surface area contributed by atoms with Gasteiger partial charge in [0.1, 0.15) is 0 Å². The van der Waals surface area contributed by atoms with Gasteiger partial charge in [-0.15, -0.1) is 0 Å². The molecule has 0 bridgehead atoms. The summed E-state index contributed by atoms with van der Waals surface area (Å²) in [5, 5.41) is 0.588. The van der Waals surface area contributed by atoms with Crippen molar-refractivity contribution in [2.45, 2.75) is 6.18 Å². The second kappa shape index (κ2) is 7.45. The first-order valence-electron chi connectivity index (χ1n) is 7.77. The maximum atomic E-state index is 13.0. The molecule has 0 amide bonds. The first kappa shape index (κ1) is 17.8. The first-order valence-corrected chi connectivity index (χ1v) is 8.15. The molecule has 1 aliphatic heterocycles. The summed E-state index contributed by atoms with van der Waals surface area (Å²) >= 11 is 5.84. The summed E-state index contributed by atoms with van der Waals surface area (Å²) in [4.78, 5) is 6.29. The van der Waals surface area contributed by atoms with Crippen molar-refractivity contribution in [2.75, 3.05) is 31.2 Å². The average molecular weight is 369 g/mol. The minimum atomic E-state index is -4.41. The second-order valence-corrected chi connectivity index (χ2v) is 6.05. The van der Waals surface area contributed by atoms with Crippen molar-refractivity contribution in [3.8, 4) is 0 Å². The van der Waals surface area contributed by atoms with Gasteiger partial charge in [-0.1, -0.05) is 23.7 Å². The van der Waals surface area contributed by atoms with Gasteiger partial charge in [-0.05, 0) is 35.9 Å². The lowest BCUT2D eigenvalue weighted by Crippen LogP contribution is -2.36. The molecule has 2 aromatic carbocycles. The lowest BCUT2D eigenvalue weighted by atomic mass is 10.1. The predicted octanol–water partition coefficient (Wildman–Crippen LogP) is 4.95. The van der Waals surface area contributed by atoms with Crippen LogP contribution in [0.3, 0.4) is 0 Å². The Bertz CT molecular complexity index is 754. The number of alkyl halides is 3. The van der Waals surface area contributed by atoms with Gasteiger partial charge in [-0.2, -0.15) is 13.2 Å². The molecule has 1 heterocycles. The van der Waals surface area contributed by atoms with Crippen molar-refractivity contribution in [1.29, 1.82) is 0 Å². The maximum absolute atomic E-state index is 13.0. The van der Waals surface area contributed by atoms with Crippen molar-refractivity contribution in [1.82, 2.24) is 0 Å².